The van der Waals surface area contributed by atoms with Crippen molar-refractivity contribution in [3.8, 4) is 0 Å². The van der Waals surface area contributed by atoms with Gasteiger partial charge in [0, 0.05) is 19.4 Å². The van der Waals surface area contributed by atoms with Crippen molar-refractivity contribution in [3.05, 3.63) is 0 Å². The smallest absolute Gasteiger partial charge is 0.305 e. The zero-order valence-corrected chi connectivity index (χ0v) is 8.24. The molecule has 2 N–H and O–H groups in total. The Bertz CT molecular complexity index is 161. The second-order valence-electron chi connectivity index (χ2n) is 2.68. The molecule has 0 aromatic carbocycles. The second kappa shape index (κ2) is 10.1. The van der Waals surface area contributed by atoms with Gasteiger partial charge in [-0.05, 0) is 6.42 Å². The number of unbranched alkanes of at least 4 members (excludes halogenated alkanes) is 1. The molecule has 0 saturated heterocycles. The van der Waals surface area contributed by atoms with E-state index in [4.69, 9.17) is 15.2 Å². The summed E-state index contributed by atoms with van der Waals surface area (Å²) in [5.74, 6) is -0.289. The quantitative estimate of drug-likeness (QED) is 0.321. The van der Waals surface area contributed by atoms with Crippen molar-refractivity contribution < 1.29 is 19.1 Å². The highest BCUT2D eigenvalue weighted by Crippen LogP contribution is 1.95. The number of nitrogens with two attached hydrogens (primary N) is 1. The molecule has 0 aliphatic carbocycles. The number of hydrogen-bond acceptors (Lipinski definition) is 5. The minimum Gasteiger partial charge on any atom is -0.463 e. The first-order valence-corrected chi connectivity index (χ1v) is 4.68. The van der Waals surface area contributed by atoms with E-state index in [1.165, 1.54) is 0 Å². The van der Waals surface area contributed by atoms with Crippen molar-refractivity contribution in [2.24, 2.45) is 5.73 Å². The largest absolute Gasteiger partial charge is 0.463 e. The predicted molar refractivity (Wildman–Crippen MR) is 50.7 cm³/mol. The number of ether oxygens (including phenoxy) is 2. The lowest BCUT2D eigenvalue weighted by molar-refractivity contribution is -0.145. The first kappa shape index (κ1) is 13.1. The molecule has 0 bridgehead atoms. The van der Waals surface area contributed by atoms with E-state index in [0.717, 1.165) is 6.29 Å². The monoisotopic (exact) mass is 203 g/mol. The van der Waals surface area contributed by atoms with Gasteiger partial charge in [0.05, 0.1) is 13.2 Å². The number of esters is 1. The number of carbonyl (C=O) groups excluding carboxylic acids is 2. The average molecular weight is 203 g/mol. The number of aldehydes is 1. The van der Waals surface area contributed by atoms with Gasteiger partial charge in [-0.3, -0.25) is 4.79 Å². The molecule has 0 aliphatic heterocycles. The normalized spacial score (nSPS) is 9.79. The summed E-state index contributed by atoms with van der Waals surface area (Å²) in [5.41, 5.74) is 5.19. The van der Waals surface area contributed by atoms with Gasteiger partial charge in [-0.1, -0.05) is 0 Å². The third-order valence-corrected chi connectivity index (χ3v) is 1.46. The Morgan fingerprint density at radius 2 is 2.07 bits per heavy atom. The maximum Gasteiger partial charge on any atom is 0.305 e. The molecule has 0 amide bonds. The molecule has 0 aromatic rings. The van der Waals surface area contributed by atoms with Crippen LogP contribution in [0.5, 0.6) is 0 Å². The Hall–Kier alpha value is -0.940. The van der Waals surface area contributed by atoms with Gasteiger partial charge in [0.1, 0.15) is 12.9 Å². The maximum atomic E-state index is 10.9. The molecule has 0 saturated carbocycles. The Balaban J connectivity index is 3.14. The van der Waals surface area contributed by atoms with Gasteiger partial charge < -0.3 is 20.0 Å². The van der Waals surface area contributed by atoms with E-state index in [2.05, 4.69) is 0 Å². The van der Waals surface area contributed by atoms with Crippen molar-refractivity contribution >= 4 is 12.3 Å². The van der Waals surface area contributed by atoms with E-state index in [-0.39, 0.29) is 19.0 Å². The molecule has 0 atom stereocenters. The Labute approximate surface area is 83.5 Å². The SMILES string of the molecule is NCCOCCOC(=O)CCCC=O. The molecule has 82 valence electrons. The summed E-state index contributed by atoms with van der Waals surface area (Å²) in [6.07, 6.45) is 2.03. The zero-order valence-electron chi connectivity index (χ0n) is 8.24. The number of hydrogen-bond donors (Lipinski definition) is 1. The molecule has 0 unspecified atom stereocenters. The van der Waals surface area contributed by atoms with Crippen molar-refractivity contribution in [1.29, 1.82) is 0 Å². The molecule has 0 heterocycles. The molecular formula is C9H17NO4. The molecule has 5 nitrogen and oxygen atoms in total. The van der Waals surface area contributed by atoms with Crippen LogP contribution in [0.4, 0.5) is 0 Å². The lowest BCUT2D eigenvalue weighted by Crippen LogP contribution is -2.14. The fourth-order valence-electron chi connectivity index (χ4n) is 0.802. The molecule has 5 heteroatoms. The second-order valence-corrected chi connectivity index (χ2v) is 2.68. The van der Waals surface area contributed by atoms with Crippen molar-refractivity contribution in [3.63, 3.8) is 0 Å². The maximum absolute atomic E-state index is 10.9. The molecule has 0 spiro atoms. The van der Waals surface area contributed by atoms with Crippen molar-refractivity contribution in [2.45, 2.75) is 19.3 Å². The zero-order chi connectivity index (χ0) is 10.6. The Morgan fingerprint density at radius 3 is 2.71 bits per heavy atom. The minimum absolute atomic E-state index is 0.250. The molecular weight excluding hydrogens is 186 g/mol. The number of carbonyl (C=O) groups is 2. The van der Waals surface area contributed by atoms with Crippen LogP contribution in [0, 0.1) is 0 Å². The summed E-state index contributed by atoms with van der Waals surface area (Å²) in [6.45, 7) is 1.56. The topological polar surface area (TPSA) is 78.6 Å². The van der Waals surface area contributed by atoms with Gasteiger partial charge in [0.25, 0.3) is 0 Å². The van der Waals surface area contributed by atoms with Gasteiger partial charge in [-0.15, -0.1) is 0 Å². The van der Waals surface area contributed by atoms with E-state index in [9.17, 15) is 9.59 Å². The Kier molecular flexibility index (Phi) is 9.46. The third kappa shape index (κ3) is 9.15. The van der Waals surface area contributed by atoms with Gasteiger partial charge in [-0.2, -0.15) is 0 Å². The fraction of sp³-hybridized carbons (Fsp3) is 0.778. The molecule has 0 rings (SSSR count). The van der Waals surface area contributed by atoms with E-state index < -0.39 is 0 Å². The highest BCUT2D eigenvalue weighted by molar-refractivity contribution is 5.69. The van der Waals surface area contributed by atoms with Gasteiger partial charge >= 0.3 is 5.97 Å². The van der Waals surface area contributed by atoms with E-state index >= 15 is 0 Å². The standard InChI is InChI=1S/C9H17NO4/c10-4-6-13-7-8-14-9(12)3-1-2-5-11/h5H,1-4,6-8,10H2. The van der Waals surface area contributed by atoms with Gasteiger partial charge in [-0.25, -0.2) is 0 Å². The summed E-state index contributed by atoms with van der Waals surface area (Å²) in [6, 6.07) is 0. The summed E-state index contributed by atoms with van der Waals surface area (Å²) in [4.78, 5) is 20.9. The third-order valence-electron chi connectivity index (χ3n) is 1.46. The molecule has 0 aliphatic rings. The van der Waals surface area contributed by atoms with Crippen LogP contribution in [0.25, 0.3) is 0 Å². The summed E-state index contributed by atoms with van der Waals surface area (Å²) >= 11 is 0. The van der Waals surface area contributed by atoms with Crippen LogP contribution in [-0.2, 0) is 19.1 Å². The summed E-state index contributed by atoms with van der Waals surface area (Å²) in [7, 11) is 0. The van der Waals surface area contributed by atoms with Crippen LogP contribution >= 0.6 is 0 Å². The predicted octanol–water partition coefficient (Wildman–Crippen LogP) is -0.126. The van der Waals surface area contributed by atoms with Crippen LogP contribution in [-0.4, -0.2) is 38.6 Å². The van der Waals surface area contributed by atoms with E-state index in [0.29, 0.717) is 32.6 Å². The average Bonchev–Trinajstić information content (AvgIpc) is 2.18. The van der Waals surface area contributed by atoms with E-state index in [1.54, 1.807) is 0 Å². The van der Waals surface area contributed by atoms with Crippen LogP contribution in [0.3, 0.4) is 0 Å². The molecule has 14 heavy (non-hydrogen) atoms. The molecule has 0 fully saturated rings. The van der Waals surface area contributed by atoms with Crippen LogP contribution < -0.4 is 5.73 Å². The van der Waals surface area contributed by atoms with Gasteiger partial charge in [0.15, 0.2) is 0 Å². The van der Waals surface area contributed by atoms with Crippen molar-refractivity contribution in [1.82, 2.24) is 0 Å². The molecule has 0 radical (unpaired) electrons. The van der Waals surface area contributed by atoms with E-state index in [1.807, 2.05) is 0 Å². The molecule has 0 aromatic heterocycles. The van der Waals surface area contributed by atoms with Gasteiger partial charge in [0.2, 0.25) is 0 Å². The lowest BCUT2D eigenvalue weighted by atomic mass is 10.2. The summed E-state index contributed by atoms with van der Waals surface area (Å²) < 4.78 is 9.81. The van der Waals surface area contributed by atoms with Crippen molar-refractivity contribution in [2.75, 3.05) is 26.4 Å². The minimum atomic E-state index is -0.289. The van der Waals surface area contributed by atoms with Crippen LogP contribution in [0.1, 0.15) is 19.3 Å². The highest BCUT2D eigenvalue weighted by atomic mass is 16.6. The summed E-state index contributed by atoms with van der Waals surface area (Å²) in [5, 5.41) is 0. The first-order valence-electron chi connectivity index (χ1n) is 4.68. The fourth-order valence-corrected chi connectivity index (χ4v) is 0.802. The lowest BCUT2D eigenvalue weighted by Gasteiger charge is -2.04. The first-order chi connectivity index (χ1) is 6.81. The number of rotatable bonds is 9. The highest BCUT2D eigenvalue weighted by Gasteiger charge is 2.01. The Morgan fingerprint density at radius 1 is 1.29 bits per heavy atom. The van der Waals surface area contributed by atoms with Crippen LogP contribution in [0.15, 0.2) is 0 Å². The van der Waals surface area contributed by atoms with Crippen LogP contribution in [0.2, 0.25) is 0 Å².